The van der Waals surface area contributed by atoms with E-state index in [4.69, 9.17) is 5.90 Å². The molecule has 0 aliphatic heterocycles. The Morgan fingerprint density at radius 3 is 2.62 bits per heavy atom. The summed E-state index contributed by atoms with van der Waals surface area (Å²) >= 11 is 0. The van der Waals surface area contributed by atoms with Crippen molar-refractivity contribution in [2.75, 3.05) is 5.32 Å². The molecule has 0 spiro atoms. The van der Waals surface area contributed by atoms with Crippen molar-refractivity contribution in [1.82, 2.24) is 5.32 Å². The molecule has 0 aliphatic rings. The van der Waals surface area contributed by atoms with E-state index < -0.39 is 0 Å². The molecule has 1 unspecified atom stereocenters. The zero-order valence-electron chi connectivity index (χ0n) is 14.0. The van der Waals surface area contributed by atoms with Crippen LogP contribution in [0.2, 0.25) is 0 Å². The topological polar surface area (TPSA) is 102 Å². The van der Waals surface area contributed by atoms with Crippen molar-refractivity contribution >= 4 is 17.1 Å². The number of nitrogens with two attached hydrogens (primary N) is 1. The lowest BCUT2D eigenvalue weighted by atomic mass is 10.1. The van der Waals surface area contributed by atoms with Crippen molar-refractivity contribution in [3.8, 4) is 0 Å². The van der Waals surface area contributed by atoms with E-state index in [0.717, 1.165) is 22.4 Å². The predicted octanol–water partition coefficient (Wildman–Crippen LogP) is 3.28. The van der Waals surface area contributed by atoms with Crippen LogP contribution in [0.4, 0.5) is 17.1 Å². The summed E-state index contributed by atoms with van der Waals surface area (Å²) in [5.74, 6) is 5.07. The second kappa shape index (κ2) is 7.87. The van der Waals surface area contributed by atoms with E-state index in [9.17, 15) is 10.1 Å². The van der Waals surface area contributed by atoms with Crippen molar-refractivity contribution in [3.05, 3.63) is 63.2 Å². The van der Waals surface area contributed by atoms with E-state index >= 15 is 0 Å². The zero-order chi connectivity index (χ0) is 17.7. The Labute approximate surface area is 140 Å². The number of rotatable bonds is 7. The first-order valence-electron chi connectivity index (χ1n) is 7.61. The number of aryl methyl sites for hydroxylation is 2. The van der Waals surface area contributed by atoms with Gasteiger partial charge in [0.2, 0.25) is 0 Å². The van der Waals surface area contributed by atoms with Gasteiger partial charge in [-0.15, -0.1) is 0 Å². The number of nitrogens with one attached hydrogen (secondary N) is 2. The lowest BCUT2D eigenvalue weighted by Crippen LogP contribution is -2.30. The first-order valence-corrected chi connectivity index (χ1v) is 7.61. The van der Waals surface area contributed by atoms with Crippen molar-refractivity contribution in [2.45, 2.75) is 33.5 Å². The number of hydrogen-bond donors (Lipinski definition) is 3. The number of hydrogen-bond acceptors (Lipinski definition) is 6. The first kappa shape index (κ1) is 17.9. The van der Waals surface area contributed by atoms with Gasteiger partial charge in [-0.3, -0.25) is 20.3 Å². The third-order valence-electron chi connectivity index (χ3n) is 3.72. The fraction of sp³-hybridized carbons (Fsp3) is 0.294. The van der Waals surface area contributed by atoms with Gasteiger partial charge in [0.25, 0.3) is 5.69 Å². The number of anilines is 2. The first-order chi connectivity index (χ1) is 11.4. The molecule has 0 saturated heterocycles. The van der Waals surface area contributed by atoms with Crippen LogP contribution in [0.25, 0.3) is 0 Å². The van der Waals surface area contributed by atoms with E-state index in [1.807, 2.05) is 38.1 Å². The summed E-state index contributed by atoms with van der Waals surface area (Å²) in [6.07, 6.45) is -0.336. The highest BCUT2D eigenvalue weighted by atomic mass is 16.6. The highest BCUT2D eigenvalue weighted by Gasteiger charge is 2.16. The quantitative estimate of drug-likeness (QED) is 0.409. The second-order valence-corrected chi connectivity index (χ2v) is 5.71. The molecule has 0 saturated carbocycles. The van der Waals surface area contributed by atoms with Crippen LogP contribution in [0, 0.1) is 24.0 Å². The maximum Gasteiger partial charge on any atom is 0.292 e. The summed E-state index contributed by atoms with van der Waals surface area (Å²) in [4.78, 5) is 15.6. The van der Waals surface area contributed by atoms with E-state index in [1.54, 1.807) is 19.1 Å². The monoisotopic (exact) mass is 330 g/mol. The van der Waals surface area contributed by atoms with Gasteiger partial charge in [-0.1, -0.05) is 18.2 Å². The molecule has 7 nitrogen and oxygen atoms in total. The molecule has 0 fully saturated rings. The van der Waals surface area contributed by atoms with Gasteiger partial charge in [0.15, 0.2) is 0 Å². The summed E-state index contributed by atoms with van der Waals surface area (Å²) in [7, 11) is 0. The van der Waals surface area contributed by atoms with E-state index in [0.29, 0.717) is 12.2 Å². The van der Waals surface area contributed by atoms with Crippen LogP contribution in [0.3, 0.4) is 0 Å². The summed E-state index contributed by atoms with van der Waals surface area (Å²) in [6.45, 7) is 6.11. The Bertz CT molecular complexity index is 734. The largest absolute Gasteiger partial charge is 0.350 e. The normalized spacial score (nSPS) is 12.0. The average molecular weight is 330 g/mol. The maximum absolute atomic E-state index is 11.4. The molecule has 2 aromatic rings. The van der Waals surface area contributed by atoms with E-state index in [-0.39, 0.29) is 16.8 Å². The van der Waals surface area contributed by atoms with Gasteiger partial charge in [-0.05, 0) is 49.6 Å². The van der Waals surface area contributed by atoms with Crippen LogP contribution in [-0.4, -0.2) is 11.2 Å². The smallest absolute Gasteiger partial charge is 0.292 e. The molecular weight excluding hydrogens is 308 g/mol. The lowest BCUT2D eigenvalue weighted by molar-refractivity contribution is -0.384. The van der Waals surface area contributed by atoms with E-state index in [2.05, 4.69) is 15.5 Å². The zero-order valence-corrected chi connectivity index (χ0v) is 14.0. The summed E-state index contributed by atoms with van der Waals surface area (Å²) in [6, 6.07) is 11.0. The molecular formula is C17H22N4O3. The van der Waals surface area contributed by atoms with Gasteiger partial charge in [0, 0.05) is 18.3 Å². The average Bonchev–Trinajstić information content (AvgIpc) is 2.56. The molecule has 128 valence electrons. The highest BCUT2D eigenvalue weighted by Crippen LogP contribution is 2.30. The lowest BCUT2D eigenvalue weighted by Gasteiger charge is -2.13. The molecule has 0 radical (unpaired) electrons. The highest BCUT2D eigenvalue weighted by molar-refractivity contribution is 5.72. The molecule has 2 aromatic carbocycles. The minimum absolute atomic E-state index is 0.0246. The van der Waals surface area contributed by atoms with Crippen LogP contribution in [0.15, 0.2) is 36.4 Å². The van der Waals surface area contributed by atoms with Gasteiger partial charge < -0.3 is 5.32 Å². The molecule has 0 aliphatic carbocycles. The third-order valence-corrected chi connectivity index (χ3v) is 3.72. The fourth-order valence-corrected chi connectivity index (χ4v) is 2.27. The van der Waals surface area contributed by atoms with E-state index in [1.165, 1.54) is 0 Å². The standard InChI is InChI=1S/C17H22N4O3/c1-11-4-5-12(2)16(8-11)20-15-7-6-14(9-17(15)21(22)23)10-19-13(3)24-18/h4-9,13,19-20H,10,18H2,1-3H3. The van der Waals surface area contributed by atoms with Crippen molar-refractivity contribution in [3.63, 3.8) is 0 Å². The van der Waals surface area contributed by atoms with Crippen LogP contribution < -0.4 is 16.5 Å². The van der Waals surface area contributed by atoms with Crippen molar-refractivity contribution < 1.29 is 9.76 Å². The molecule has 0 bridgehead atoms. The van der Waals surface area contributed by atoms with Crippen molar-refractivity contribution in [1.29, 1.82) is 0 Å². The van der Waals surface area contributed by atoms with Gasteiger partial charge in [-0.25, -0.2) is 5.90 Å². The minimum atomic E-state index is -0.389. The molecule has 1 atom stereocenters. The molecule has 0 heterocycles. The van der Waals surface area contributed by atoms with Crippen LogP contribution in [-0.2, 0) is 11.4 Å². The fourth-order valence-electron chi connectivity index (χ4n) is 2.27. The van der Waals surface area contributed by atoms with Crippen LogP contribution in [0.1, 0.15) is 23.6 Å². The Kier molecular flexibility index (Phi) is 5.86. The van der Waals surface area contributed by atoms with Crippen LogP contribution in [0.5, 0.6) is 0 Å². The Morgan fingerprint density at radius 2 is 1.96 bits per heavy atom. The molecule has 0 amide bonds. The summed E-state index contributed by atoms with van der Waals surface area (Å²) < 4.78 is 0. The Balaban J connectivity index is 2.26. The van der Waals surface area contributed by atoms with Crippen molar-refractivity contribution in [2.24, 2.45) is 5.90 Å². The van der Waals surface area contributed by atoms with Gasteiger partial charge >= 0.3 is 0 Å². The third kappa shape index (κ3) is 4.51. The maximum atomic E-state index is 11.4. The second-order valence-electron chi connectivity index (χ2n) is 5.71. The SMILES string of the molecule is Cc1ccc(C)c(Nc2ccc(CNC(C)ON)cc2[N+](=O)[O-])c1. The number of nitrogens with zero attached hydrogens (tertiary/aromatic N) is 1. The molecule has 24 heavy (non-hydrogen) atoms. The van der Waals surface area contributed by atoms with Crippen LogP contribution >= 0.6 is 0 Å². The van der Waals surface area contributed by atoms with Gasteiger partial charge in [0.1, 0.15) is 11.9 Å². The minimum Gasteiger partial charge on any atom is -0.350 e. The van der Waals surface area contributed by atoms with Gasteiger partial charge in [0.05, 0.1) is 4.92 Å². The summed E-state index contributed by atoms with van der Waals surface area (Å²) in [5, 5.41) is 17.6. The summed E-state index contributed by atoms with van der Waals surface area (Å²) in [5.41, 5.74) is 4.22. The Hall–Kier alpha value is -2.48. The number of nitro benzene ring substituents is 1. The van der Waals surface area contributed by atoms with Gasteiger partial charge in [-0.2, -0.15) is 0 Å². The Morgan fingerprint density at radius 1 is 1.21 bits per heavy atom. The molecule has 7 heteroatoms. The predicted molar refractivity (Wildman–Crippen MR) is 93.9 cm³/mol. The molecule has 2 rings (SSSR count). The number of nitro groups is 1. The number of benzene rings is 2. The molecule has 0 aromatic heterocycles. The molecule has 4 N–H and O–H groups in total.